The molecule has 4 aromatic rings. The van der Waals surface area contributed by atoms with Crippen molar-refractivity contribution in [2.24, 2.45) is 0 Å². The first-order chi connectivity index (χ1) is 20.7. The summed E-state index contributed by atoms with van der Waals surface area (Å²) in [5, 5.41) is 17.1. The Bertz CT molecular complexity index is 1620. The third-order valence-electron chi connectivity index (χ3n) is 8.74. The number of carboxylic acid groups (broad SMARTS) is 1. The minimum atomic E-state index is -1.11. The van der Waals surface area contributed by atoms with Gasteiger partial charge in [-0.1, -0.05) is 38.5 Å². The molecule has 2 aromatic heterocycles. The molecule has 10 nitrogen and oxygen atoms in total. The second-order valence-electron chi connectivity index (χ2n) is 11.5. The highest BCUT2D eigenvalue weighted by molar-refractivity contribution is 6.01. The van der Waals surface area contributed by atoms with Crippen molar-refractivity contribution in [1.82, 2.24) is 20.6 Å². The predicted molar refractivity (Wildman–Crippen MR) is 163 cm³/mol. The highest BCUT2D eigenvalue weighted by Crippen LogP contribution is 2.31. The van der Waals surface area contributed by atoms with Crippen LogP contribution in [0.15, 0.2) is 60.9 Å². The number of methoxy groups -OCH3 is 1. The first-order valence-electron chi connectivity index (χ1n) is 14.9. The molecule has 0 spiro atoms. The third kappa shape index (κ3) is 6.43. The maximum Gasteiger partial charge on any atom is 0.331 e. The van der Waals surface area contributed by atoms with Gasteiger partial charge in [-0.05, 0) is 74.2 Å². The standard InChI is InChI=1S/C17H20N2O3.C16H18N2O3/c1-22-16(21)17(8-3-2-4-9-17)19-15(20)13-5-6-14-12(11-13)7-10-18-14;19-14(12-4-5-13-11(10-12)6-9-17-13)18-16(15(20)21)7-2-1-3-8-16/h5-7,10-11,18H,2-4,8-9H2,1H3,(H,19,20);4-6,9-10,17H,1-3,7-8H2,(H,18,19)(H,20,21). The second-order valence-corrected chi connectivity index (χ2v) is 11.5. The molecule has 2 heterocycles. The summed E-state index contributed by atoms with van der Waals surface area (Å²) < 4.78 is 4.93. The smallest absolute Gasteiger partial charge is 0.331 e. The lowest BCUT2D eigenvalue weighted by molar-refractivity contribution is -0.149. The van der Waals surface area contributed by atoms with Gasteiger partial charge < -0.3 is 30.4 Å². The molecule has 2 saturated carbocycles. The lowest BCUT2D eigenvalue weighted by atomic mass is 9.81. The van der Waals surface area contributed by atoms with Crippen LogP contribution in [0.4, 0.5) is 0 Å². The summed E-state index contributed by atoms with van der Waals surface area (Å²) in [6.07, 6.45) is 11.6. The van der Waals surface area contributed by atoms with Crippen molar-refractivity contribution in [3.8, 4) is 0 Å². The molecular formula is C33H38N4O6. The average Bonchev–Trinajstić information content (AvgIpc) is 3.70. The molecule has 5 N–H and O–H groups in total. The molecule has 0 atom stereocenters. The second kappa shape index (κ2) is 12.7. The Morgan fingerprint density at radius 1 is 0.674 bits per heavy atom. The number of benzene rings is 2. The summed E-state index contributed by atoms with van der Waals surface area (Å²) in [5.74, 6) is -1.82. The number of aromatic nitrogens is 2. The van der Waals surface area contributed by atoms with Crippen molar-refractivity contribution in [3.05, 3.63) is 72.1 Å². The minimum absolute atomic E-state index is 0.226. The van der Waals surface area contributed by atoms with E-state index in [1.165, 1.54) is 7.11 Å². The summed E-state index contributed by atoms with van der Waals surface area (Å²) in [4.78, 5) is 54.9. The van der Waals surface area contributed by atoms with Crippen molar-refractivity contribution in [2.75, 3.05) is 7.11 Å². The molecular weight excluding hydrogens is 548 g/mol. The van der Waals surface area contributed by atoms with E-state index in [4.69, 9.17) is 4.74 Å². The van der Waals surface area contributed by atoms with Gasteiger partial charge >= 0.3 is 11.9 Å². The number of H-pyrrole nitrogens is 2. The van der Waals surface area contributed by atoms with Gasteiger partial charge in [-0.2, -0.15) is 0 Å². The number of carboxylic acids is 1. The molecule has 2 amide bonds. The Balaban J connectivity index is 0.000000171. The van der Waals surface area contributed by atoms with Crippen LogP contribution in [-0.2, 0) is 14.3 Å². The van der Waals surface area contributed by atoms with E-state index in [9.17, 15) is 24.3 Å². The molecule has 0 radical (unpaired) electrons. The Kier molecular flexibility index (Phi) is 8.84. The lowest BCUT2D eigenvalue weighted by Gasteiger charge is -2.35. The zero-order valence-electron chi connectivity index (χ0n) is 24.3. The molecule has 226 valence electrons. The van der Waals surface area contributed by atoms with Gasteiger partial charge in [-0.15, -0.1) is 0 Å². The van der Waals surface area contributed by atoms with Crippen LogP contribution < -0.4 is 10.6 Å². The van der Waals surface area contributed by atoms with E-state index < -0.39 is 17.0 Å². The molecule has 0 unspecified atom stereocenters. The van der Waals surface area contributed by atoms with Gasteiger partial charge in [0.15, 0.2) is 0 Å². The zero-order chi connectivity index (χ0) is 30.5. The molecule has 2 aliphatic rings. The van der Waals surface area contributed by atoms with Crippen LogP contribution in [0.3, 0.4) is 0 Å². The Morgan fingerprint density at radius 2 is 1.12 bits per heavy atom. The monoisotopic (exact) mass is 586 g/mol. The highest BCUT2D eigenvalue weighted by Gasteiger charge is 2.42. The maximum absolute atomic E-state index is 12.6. The first kappa shape index (κ1) is 29.9. The van der Waals surface area contributed by atoms with Crippen LogP contribution in [-0.4, -0.2) is 57.0 Å². The number of aromatic amines is 2. The Morgan fingerprint density at radius 3 is 1.56 bits per heavy atom. The predicted octanol–water partition coefficient (Wildman–Crippen LogP) is 5.46. The van der Waals surface area contributed by atoms with Gasteiger partial charge in [-0.25, -0.2) is 9.59 Å². The number of nitrogens with one attached hydrogen (secondary N) is 4. The Labute approximate surface area is 249 Å². The van der Waals surface area contributed by atoms with Crippen molar-refractivity contribution in [3.63, 3.8) is 0 Å². The molecule has 2 fully saturated rings. The molecule has 0 bridgehead atoms. The van der Waals surface area contributed by atoms with Gasteiger partial charge in [0.25, 0.3) is 11.8 Å². The summed E-state index contributed by atoms with van der Waals surface area (Å²) in [5.41, 5.74) is 1.00. The van der Waals surface area contributed by atoms with Crippen LogP contribution >= 0.6 is 0 Å². The number of fused-ring (bicyclic) bond motifs is 2. The quantitative estimate of drug-likeness (QED) is 0.189. The van der Waals surface area contributed by atoms with Crippen LogP contribution in [0, 0.1) is 0 Å². The lowest BCUT2D eigenvalue weighted by Crippen LogP contribution is -2.56. The SMILES string of the molecule is COC(=O)C1(NC(=O)c2ccc3[nH]ccc3c2)CCCCC1.O=C(NC1(C(=O)O)CCCCC1)c1ccc2[nH]ccc2c1. The molecule has 0 saturated heterocycles. The van der Waals surface area contributed by atoms with Gasteiger partial charge in [0.2, 0.25) is 0 Å². The van der Waals surface area contributed by atoms with Crippen LogP contribution in [0.2, 0.25) is 0 Å². The summed E-state index contributed by atoms with van der Waals surface area (Å²) >= 11 is 0. The number of carbonyl (C=O) groups is 4. The summed E-state index contributed by atoms with van der Waals surface area (Å²) in [7, 11) is 1.37. The topological polar surface area (TPSA) is 153 Å². The molecule has 2 aliphatic carbocycles. The number of hydrogen-bond donors (Lipinski definition) is 5. The van der Waals surface area contributed by atoms with Gasteiger partial charge in [-0.3, -0.25) is 9.59 Å². The molecule has 2 aromatic carbocycles. The van der Waals surface area contributed by atoms with Crippen LogP contribution in [0.1, 0.15) is 84.9 Å². The molecule has 10 heteroatoms. The van der Waals surface area contributed by atoms with Crippen molar-refractivity contribution in [1.29, 1.82) is 0 Å². The number of carbonyl (C=O) groups excluding carboxylic acids is 3. The van der Waals surface area contributed by atoms with Crippen LogP contribution in [0.25, 0.3) is 21.8 Å². The number of hydrogen-bond acceptors (Lipinski definition) is 5. The normalized spacial score (nSPS) is 17.3. The summed E-state index contributed by atoms with van der Waals surface area (Å²) in [6, 6.07) is 14.6. The van der Waals surface area contributed by atoms with E-state index in [0.717, 1.165) is 60.3 Å². The largest absolute Gasteiger partial charge is 0.480 e. The Hall–Kier alpha value is -4.60. The fourth-order valence-electron chi connectivity index (χ4n) is 6.25. The van der Waals surface area contributed by atoms with Crippen molar-refractivity contribution in [2.45, 2.75) is 75.3 Å². The minimum Gasteiger partial charge on any atom is -0.480 e. The first-order valence-corrected chi connectivity index (χ1v) is 14.9. The molecule has 6 rings (SSSR count). The van der Waals surface area contributed by atoms with E-state index >= 15 is 0 Å². The average molecular weight is 587 g/mol. The fraction of sp³-hybridized carbons (Fsp3) is 0.394. The maximum atomic E-state index is 12.6. The number of ether oxygens (including phenoxy) is 1. The van der Waals surface area contributed by atoms with E-state index in [0.29, 0.717) is 36.8 Å². The number of amides is 2. The van der Waals surface area contributed by atoms with Gasteiger partial charge in [0.05, 0.1) is 7.11 Å². The molecule has 0 aliphatic heterocycles. The van der Waals surface area contributed by atoms with Crippen LogP contribution in [0.5, 0.6) is 0 Å². The zero-order valence-corrected chi connectivity index (χ0v) is 24.3. The number of esters is 1. The van der Waals surface area contributed by atoms with Crippen molar-refractivity contribution < 1.29 is 29.0 Å². The summed E-state index contributed by atoms with van der Waals surface area (Å²) in [6.45, 7) is 0. The van der Waals surface area contributed by atoms with Gasteiger partial charge in [0.1, 0.15) is 11.1 Å². The number of rotatable bonds is 6. The van der Waals surface area contributed by atoms with E-state index in [1.54, 1.807) is 18.2 Å². The number of aliphatic carboxylic acids is 1. The fourth-order valence-corrected chi connectivity index (χ4v) is 6.25. The molecule has 43 heavy (non-hydrogen) atoms. The van der Waals surface area contributed by atoms with Crippen molar-refractivity contribution >= 4 is 45.6 Å². The van der Waals surface area contributed by atoms with E-state index in [1.807, 2.05) is 42.7 Å². The van der Waals surface area contributed by atoms with E-state index in [-0.39, 0.29) is 17.8 Å². The third-order valence-corrected chi connectivity index (χ3v) is 8.74. The highest BCUT2D eigenvalue weighted by atomic mass is 16.5. The van der Waals surface area contributed by atoms with Gasteiger partial charge in [0, 0.05) is 45.3 Å². The van der Waals surface area contributed by atoms with E-state index in [2.05, 4.69) is 20.6 Å².